The molecule has 0 radical (unpaired) electrons. The molecule has 1 atom stereocenters. The van der Waals surface area contributed by atoms with Crippen LogP contribution in [-0.4, -0.2) is 49.9 Å². The van der Waals surface area contributed by atoms with E-state index in [0.717, 1.165) is 18.5 Å². The summed E-state index contributed by atoms with van der Waals surface area (Å²) in [5.74, 6) is 1.31. The van der Waals surface area contributed by atoms with Gasteiger partial charge in [0.15, 0.2) is 11.9 Å². The lowest BCUT2D eigenvalue weighted by Gasteiger charge is -2.33. The number of hydrogen-bond donors (Lipinski definition) is 1. The van der Waals surface area contributed by atoms with E-state index in [-0.39, 0.29) is 17.6 Å². The van der Waals surface area contributed by atoms with Crippen molar-refractivity contribution in [3.05, 3.63) is 66.6 Å². The average molecular weight is 422 g/mol. The van der Waals surface area contributed by atoms with Crippen LogP contribution in [0, 0.1) is 5.82 Å². The monoisotopic (exact) mass is 422 g/mol. The third-order valence-electron chi connectivity index (χ3n) is 5.16. The van der Waals surface area contributed by atoms with Crippen LogP contribution in [-0.2, 0) is 4.79 Å². The maximum atomic E-state index is 13.0. The lowest BCUT2D eigenvalue weighted by molar-refractivity contribution is -0.139. The maximum absolute atomic E-state index is 13.0. The Labute approximate surface area is 179 Å². The van der Waals surface area contributed by atoms with E-state index in [1.807, 2.05) is 0 Å². The third-order valence-corrected chi connectivity index (χ3v) is 5.16. The van der Waals surface area contributed by atoms with Gasteiger partial charge in [-0.05, 0) is 50.1 Å². The molecular weight excluding hydrogens is 399 g/mol. The molecule has 3 aromatic rings. The summed E-state index contributed by atoms with van der Waals surface area (Å²) in [6, 6.07) is 7.41. The van der Waals surface area contributed by atoms with E-state index in [2.05, 4.69) is 25.3 Å². The molecule has 1 N–H and O–H groups in total. The number of nitrogens with one attached hydrogen (secondary N) is 1. The van der Waals surface area contributed by atoms with Gasteiger partial charge in [-0.2, -0.15) is 0 Å². The van der Waals surface area contributed by atoms with Crippen molar-refractivity contribution in [1.82, 2.24) is 24.8 Å². The maximum Gasteiger partial charge on any atom is 0.263 e. The zero-order chi connectivity index (χ0) is 21.6. The molecule has 2 aromatic heterocycles. The summed E-state index contributed by atoms with van der Waals surface area (Å²) in [4.78, 5) is 31.7. The molecule has 9 heteroatoms. The molecule has 1 fully saturated rings. The van der Waals surface area contributed by atoms with Crippen molar-refractivity contribution >= 4 is 17.7 Å². The SMILES string of the molecule is CC(Oc1ccc(F)cc1)C(=O)N1CCC(c2cncc(Nc3ncccn3)n2)CC1. The number of rotatable bonds is 6. The highest BCUT2D eigenvalue weighted by Gasteiger charge is 2.28. The first-order valence-corrected chi connectivity index (χ1v) is 10.2. The Morgan fingerprint density at radius 3 is 2.58 bits per heavy atom. The molecule has 1 aliphatic rings. The van der Waals surface area contributed by atoms with E-state index < -0.39 is 6.10 Å². The van der Waals surface area contributed by atoms with Crippen LogP contribution in [0.25, 0.3) is 0 Å². The number of amides is 1. The second-order valence-electron chi connectivity index (χ2n) is 7.34. The summed E-state index contributed by atoms with van der Waals surface area (Å²) in [5.41, 5.74) is 0.878. The van der Waals surface area contributed by atoms with E-state index in [1.165, 1.54) is 24.3 Å². The highest BCUT2D eigenvalue weighted by molar-refractivity contribution is 5.81. The van der Waals surface area contributed by atoms with Gasteiger partial charge < -0.3 is 15.0 Å². The van der Waals surface area contributed by atoms with Crippen LogP contribution in [0.3, 0.4) is 0 Å². The van der Waals surface area contributed by atoms with Gasteiger partial charge in [0.25, 0.3) is 5.91 Å². The Hall–Kier alpha value is -3.62. The van der Waals surface area contributed by atoms with Gasteiger partial charge in [0.05, 0.1) is 11.9 Å². The Morgan fingerprint density at radius 1 is 1.16 bits per heavy atom. The molecule has 1 saturated heterocycles. The molecular formula is C22H23FN6O2. The van der Waals surface area contributed by atoms with Gasteiger partial charge in [-0.3, -0.25) is 9.78 Å². The normalized spacial score (nSPS) is 15.4. The first kappa shape index (κ1) is 20.6. The fourth-order valence-electron chi connectivity index (χ4n) is 3.54. The second kappa shape index (κ2) is 9.46. The third kappa shape index (κ3) is 5.30. The second-order valence-corrected chi connectivity index (χ2v) is 7.34. The fraction of sp³-hybridized carbons (Fsp3) is 0.318. The highest BCUT2D eigenvalue weighted by Crippen LogP contribution is 2.28. The largest absolute Gasteiger partial charge is 0.481 e. The van der Waals surface area contributed by atoms with Crippen LogP contribution in [0.4, 0.5) is 16.2 Å². The minimum Gasteiger partial charge on any atom is -0.481 e. The van der Waals surface area contributed by atoms with Crippen molar-refractivity contribution in [1.29, 1.82) is 0 Å². The Bertz CT molecular complexity index is 1010. The number of ether oxygens (including phenoxy) is 1. The predicted octanol–water partition coefficient (Wildman–Crippen LogP) is 3.32. The molecule has 1 unspecified atom stereocenters. The van der Waals surface area contributed by atoms with E-state index in [4.69, 9.17) is 4.74 Å². The quantitative estimate of drug-likeness (QED) is 0.651. The molecule has 0 bridgehead atoms. The zero-order valence-corrected chi connectivity index (χ0v) is 17.1. The van der Waals surface area contributed by atoms with E-state index in [9.17, 15) is 9.18 Å². The van der Waals surface area contributed by atoms with Crippen molar-refractivity contribution < 1.29 is 13.9 Å². The Morgan fingerprint density at radius 2 is 1.87 bits per heavy atom. The summed E-state index contributed by atoms with van der Waals surface area (Å²) in [6.45, 7) is 2.94. The molecule has 31 heavy (non-hydrogen) atoms. The van der Waals surface area contributed by atoms with E-state index >= 15 is 0 Å². The topological polar surface area (TPSA) is 93.1 Å². The van der Waals surface area contributed by atoms with Crippen molar-refractivity contribution in [2.24, 2.45) is 0 Å². The van der Waals surface area contributed by atoms with Crippen molar-refractivity contribution in [2.45, 2.75) is 31.8 Å². The van der Waals surface area contributed by atoms with Crippen molar-refractivity contribution in [3.8, 4) is 5.75 Å². The van der Waals surface area contributed by atoms with Crippen LogP contribution < -0.4 is 10.1 Å². The number of likely N-dealkylation sites (tertiary alicyclic amines) is 1. The van der Waals surface area contributed by atoms with E-state index in [0.29, 0.717) is 30.6 Å². The molecule has 8 nitrogen and oxygen atoms in total. The van der Waals surface area contributed by atoms with Crippen LogP contribution in [0.5, 0.6) is 5.75 Å². The molecule has 1 aliphatic heterocycles. The first-order chi connectivity index (χ1) is 15.1. The van der Waals surface area contributed by atoms with Gasteiger partial charge in [-0.1, -0.05) is 0 Å². The molecule has 160 valence electrons. The van der Waals surface area contributed by atoms with Crippen LogP contribution in [0.15, 0.2) is 55.1 Å². The molecule has 0 spiro atoms. The van der Waals surface area contributed by atoms with Gasteiger partial charge in [0, 0.05) is 37.6 Å². The molecule has 1 aromatic carbocycles. The average Bonchev–Trinajstić information content (AvgIpc) is 2.81. The van der Waals surface area contributed by atoms with Crippen molar-refractivity contribution in [2.75, 3.05) is 18.4 Å². The van der Waals surface area contributed by atoms with Crippen molar-refractivity contribution in [3.63, 3.8) is 0 Å². The number of hydrogen-bond acceptors (Lipinski definition) is 7. The zero-order valence-electron chi connectivity index (χ0n) is 17.1. The lowest BCUT2D eigenvalue weighted by atomic mass is 9.93. The smallest absolute Gasteiger partial charge is 0.263 e. The number of aromatic nitrogens is 4. The molecule has 4 rings (SSSR count). The van der Waals surface area contributed by atoms with Gasteiger partial charge in [0.2, 0.25) is 5.95 Å². The first-order valence-electron chi connectivity index (χ1n) is 10.2. The number of piperidine rings is 1. The Balaban J connectivity index is 1.32. The van der Waals surface area contributed by atoms with Gasteiger partial charge in [-0.25, -0.2) is 19.3 Å². The minimum absolute atomic E-state index is 0.0782. The lowest BCUT2D eigenvalue weighted by Crippen LogP contribution is -2.44. The molecule has 0 saturated carbocycles. The number of halogens is 1. The number of benzene rings is 1. The minimum atomic E-state index is -0.639. The molecule has 3 heterocycles. The molecule has 0 aliphatic carbocycles. The summed E-state index contributed by atoms with van der Waals surface area (Å²) in [7, 11) is 0. The van der Waals surface area contributed by atoms with Gasteiger partial charge >= 0.3 is 0 Å². The summed E-state index contributed by atoms with van der Waals surface area (Å²) in [5, 5.41) is 3.05. The summed E-state index contributed by atoms with van der Waals surface area (Å²) >= 11 is 0. The molecule has 1 amide bonds. The summed E-state index contributed by atoms with van der Waals surface area (Å²) in [6.07, 6.45) is 7.64. The number of anilines is 2. The standard InChI is InChI=1S/C22H23FN6O2/c1-15(31-18-5-3-17(23)4-6-18)21(30)29-11-7-16(8-12-29)19-13-24-14-20(27-19)28-22-25-9-2-10-26-22/h2-6,9-10,13-16H,7-8,11-12H2,1H3,(H,25,26,27,28). The van der Waals surface area contributed by atoms with Gasteiger partial charge in [-0.15, -0.1) is 0 Å². The van der Waals surface area contributed by atoms with Gasteiger partial charge in [0.1, 0.15) is 11.6 Å². The van der Waals surface area contributed by atoms with Crippen LogP contribution in [0.2, 0.25) is 0 Å². The highest BCUT2D eigenvalue weighted by atomic mass is 19.1. The number of carbonyl (C=O) groups is 1. The van der Waals surface area contributed by atoms with E-state index in [1.54, 1.807) is 42.7 Å². The number of nitrogens with zero attached hydrogens (tertiary/aromatic N) is 5. The Kier molecular flexibility index (Phi) is 6.30. The number of carbonyl (C=O) groups excluding carboxylic acids is 1. The fourth-order valence-corrected chi connectivity index (χ4v) is 3.54. The predicted molar refractivity (Wildman–Crippen MR) is 112 cm³/mol. The van der Waals surface area contributed by atoms with Crippen LogP contribution in [0.1, 0.15) is 31.4 Å². The van der Waals surface area contributed by atoms with Crippen LogP contribution >= 0.6 is 0 Å². The summed E-state index contributed by atoms with van der Waals surface area (Å²) < 4.78 is 18.7.